The lowest BCUT2D eigenvalue weighted by atomic mass is 10.3. The maximum absolute atomic E-state index is 11.7. The van der Waals surface area contributed by atoms with Gasteiger partial charge in [-0.3, -0.25) is 0 Å². The molecule has 0 saturated carbocycles. The Balaban J connectivity index is 2.63. The molecule has 0 aliphatic heterocycles. The van der Waals surface area contributed by atoms with Crippen molar-refractivity contribution >= 4 is 45.1 Å². The smallest absolute Gasteiger partial charge is 0.206 e. The van der Waals surface area contributed by atoms with Gasteiger partial charge < -0.3 is 0 Å². The van der Waals surface area contributed by atoms with Crippen LogP contribution in [0.4, 0.5) is 0 Å². The average Bonchev–Trinajstić information content (AvgIpc) is 2.61. The molecule has 15 heavy (non-hydrogen) atoms. The Kier molecular flexibility index (Phi) is 2.96. The zero-order chi connectivity index (χ0) is 10.9. The minimum absolute atomic E-state index is 0.0779. The molecule has 0 radical (unpaired) electrons. The molecule has 0 atom stereocenters. The fourth-order valence-electron chi connectivity index (χ4n) is 1.21. The highest BCUT2D eigenvalue weighted by molar-refractivity contribution is 7.92. The Morgan fingerprint density at radius 2 is 2.13 bits per heavy atom. The number of nitrogens with zero attached hydrogens (tertiary/aromatic N) is 1. The van der Waals surface area contributed by atoms with Gasteiger partial charge in [0, 0.05) is 5.39 Å². The maximum atomic E-state index is 11.7. The first-order valence-corrected chi connectivity index (χ1v) is 6.99. The van der Waals surface area contributed by atoms with Crippen LogP contribution in [0.2, 0.25) is 0 Å². The normalized spacial score (nSPS) is 12.1. The van der Waals surface area contributed by atoms with Crippen LogP contribution in [0.3, 0.4) is 0 Å². The molecule has 1 aromatic carbocycles. The molecule has 1 N–H and O–H groups in total. The molecule has 0 aliphatic carbocycles. The highest BCUT2D eigenvalue weighted by Crippen LogP contribution is 2.26. The second-order valence-corrected chi connectivity index (χ2v) is 5.84. The fraction of sp³-hybridized carbons (Fsp3) is 0.125. The largest absolute Gasteiger partial charge is 0.253 e. The van der Waals surface area contributed by atoms with Gasteiger partial charge in [-0.1, -0.05) is 18.2 Å². The summed E-state index contributed by atoms with van der Waals surface area (Å²) >= 11 is 4.81. The summed E-state index contributed by atoms with van der Waals surface area (Å²) in [5, 5.41) is 0.650. The Morgan fingerprint density at radius 1 is 1.40 bits per heavy atom. The van der Waals surface area contributed by atoms with Crippen molar-refractivity contribution in [2.75, 3.05) is 5.88 Å². The van der Waals surface area contributed by atoms with Crippen molar-refractivity contribution in [3.05, 3.63) is 24.3 Å². The number of aromatic nitrogens is 1. The molecule has 7 heteroatoms. The Labute approximate surface area is 96.9 Å². The van der Waals surface area contributed by atoms with E-state index in [4.69, 9.17) is 0 Å². The number of fused-ring (bicyclic) bond motifs is 1. The highest BCUT2D eigenvalue weighted by atomic mass is 32.2. The standard InChI is InChI=1S/C8H8N2O2S3/c11-15(12,9-5-13)8-6-3-1-2-4-7(6)10-14-8/h1-4,9,13H,5H2. The lowest BCUT2D eigenvalue weighted by Crippen LogP contribution is -2.21. The van der Waals surface area contributed by atoms with Crippen molar-refractivity contribution in [3.63, 3.8) is 0 Å². The molecule has 0 fully saturated rings. The average molecular weight is 260 g/mol. The number of hydrogen-bond acceptors (Lipinski definition) is 5. The predicted molar refractivity (Wildman–Crippen MR) is 63.8 cm³/mol. The molecule has 0 bridgehead atoms. The topological polar surface area (TPSA) is 59.1 Å². The van der Waals surface area contributed by atoms with Crippen LogP contribution in [0, 0.1) is 0 Å². The monoisotopic (exact) mass is 260 g/mol. The van der Waals surface area contributed by atoms with E-state index in [1.807, 2.05) is 6.07 Å². The summed E-state index contributed by atoms with van der Waals surface area (Å²) in [6, 6.07) is 7.14. The van der Waals surface area contributed by atoms with Crippen molar-refractivity contribution in [1.29, 1.82) is 0 Å². The molecule has 1 aromatic heterocycles. The number of hydrogen-bond donors (Lipinski definition) is 2. The summed E-state index contributed by atoms with van der Waals surface area (Å²) in [6.45, 7) is 0. The third-order valence-electron chi connectivity index (χ3n) is 1.85. The van der Waals surface area contributed by atoms with E-state index < -0.39 is 10.0 Å². The van der Waals surface area contributed by atoms with Gasteiger partial charge in [-0.25, -0.2) is 13.1 Å². The van der Waals surface area contributed by atoms with Gasteiger partial charge in [0.15, 0.2) is 4.21 Å². The Hall–Kier alpha value is -0.630. The van der Waals surface area contributed by atoms with E-state index in [1.54, 1.807) is 18.2 Å². The van der Waals surface area contributed by atoms with Gasteiger partial charge in [0.05, 0.1) is 11.4 Å². The van der Waals surface area contributed by atoms with Crippen LogP contribution in [-0.2, 0) is 10.0 Å². The lowest BCUT2D eigenvalue weighted by molar-refractivity contribution is 0.590. The van der Waals surface area contributed by atoms with Gasteiger partial charge >= 0.3 is 0 Å². The summed E-state index contributed by atoms with van der Waals surface area (Å²) in [5.74, 6) is 0.0779. The molecule has 0 spiro atoms. The molecule has 0 saturated heterocycles. The second kappa shape index (κ2) is 4.09. The van der Waals surface area contributed by atoms with Crippen LogP contribution < -0.4 is 4.72 Å². The highest BCUT2D eigenvalue weighted by Gasteiger charge is 2.19. The molecule has 0 amide bonds. The third kappa shape index (κ3) is 2.00. The second-order valence-electron chi connectivity index (χ2n) is 2.79. The van der Waals surface area contributed by atoms with E-state index in [1.165, 1.54) is 0 Å². The quantitative estimate of drug-likeness (QED) is 0.649. The first-order valence-electron chi connectivity index (χ1n) is 4.10. The molecule has 1 heterocycles. The van der Waals surface area contributed by atoms with Crippen LogP contribution >= 0.6 is 24.2 Å². The van der Waals surface area contributed by atoms with Crippen LogP contribution in [0.1, 0.15) is 0 Å². The number of benzene rings is 1. The molecule has 2 rings (SSSR count). The summed E-state index contributed by atoms with van der Waals surface area (Å²) in [7, 11) is -3.46. The van der Waals surface area contributed by atoms with Crippen molar-refractivity contribution in [1.82, 2.24) is 9.10 Å². The van der Waals surface area contributed by atoms with E-state index >= 15 is 0 Å². The van der Waals surface area contributed by atoms with Crippen LogP contribution in [0.5, 0.6) is 0 Å². The Morgan fingerprint density at radius 3 is 2.87 bits per heavy atom. The maximum Gasteiger partial charge on any atom is 0.253 e. The van der Waals surface area contributed by atoms with Gasteiger partial charge in [-0.2, -0.15) is 17.0 Å². The van der Waals surface area contributed by atoms with Crippen LogP contribution in [-0.4, -0.2) is 18.7 Å². The van der Waals surface area contributed by atoms with Gasteiger partial charge in [0.2, 0.25) is 0 Å². The summed E-state index contributed by atoms with van der Waals surface area (Å²) in [6.07, 6.45) is 0. The molecular weight excluding hydrogens is 252 g/mol. The minimum atomic E-state index is -3.46. The fourth-order valence-corrected chi connectivity index (χ4v) is 3.78. The van der Waals surface area contributed by atoms with Crippen LogP contribution in [0.25, 0.3) is 10.9 Å². The van der Waals surface area contributed by atoms with Gasteiger partial charge in [0.1, 0.15) is 0 Å². The van der Waals surface area contributed by atoms with Gasteiger partial charge in [-0.05, 0) is 17.6 Å². The first kappa shape index (κ1) is 10.9. The lowest BCUT2D eigenvalue weighted by Gasteiger charge is -2.00. The van der Waals surface area contributed by atoms with E-state index in [2.05, 4.69) is 21.7 Å². The van der Waals surface area contributed by atoms with Crippen molar-refractivity contribution < 1.29 is 8.42 Å². The summed E-state index contributed by atoms with van der Waals surface area (Å²) < 4.78 is 30.1. The zero-order valence-electron chi connectivity index (χ0n) is 7.54. The van der Waals surface area contributed by atoms with E-state index in [0.29, 0.717) is 10.9 Å². The first-order chi connectivity index (χ1) is 7.15. The van der Waals surface area contributed by atoms with E-state index in [0.717, 1.165) is 11.5 Å². The zero-order valence-corrected chi connectivity index (χ0v) is 10.1. The molecule has 2 aromatic rings. The molecule has 0 aliphatic rings. The van der Waals surface area contributed by atoms with Crippen molar-refractivity contribution in [2.45, 2.75) is 4.21 Å². The molecule has 4 nitrogen and oxygen atoms in total. The van der Waals surface area contributed by atoms with Gasteiger partial charge in [-0.15, -0.1) is 0 Å². The molecular formula is C8H8N2O2S3. The van der Waals surface area contributed by atoms with Crippen molar-refractivity contribution in [2.24, 2.45) is 0 Å². The molecule has 80 valence electrons. The number of sulfonamides is 1. The van der Waals surface area contributed by atoms with Crippen molar-refractivity contribution in [3.8, 4) is 0 Å². The minimum Gasteiger partial charge on any atom is -0.206 e. The van der Waals surface area contributed by atoms with Crippen LogP contribution in [0.15, 0.2) is 28.5 Å². The Bertz CT molecular complexity index is 576. The van der Waals surface area contributed by atoms with E-state index in [9.17, 15) is 8.42 Å². The summed E-state index contributed by atoms with van der Waals surface area (Å²) in [5.41, 5.74) is 0.696. The number of rotatable bonds is 3. The number of nitrogens with one attached hydrogen (secondary N) is 1. The molecule has 0 unspecified atom stereocenters. The number of thiol groups is 1. The summed E-state index contributed by atoms with van der Waals surface area (Å²) in [4.78, 5) is 0. The predicted octanol–water partition coefficient (Wildman–Crippen LogP) is 1.46. The van der Waals surface area contributed by atoms with E-state index in [-0.39, 0.29) is 10.1 Å². The SMILES string of the molecule is O=S(=O)(NCS)c1snc2ccccc12. The van der Waals surface area contributed by atoms with Gasteiger partial charge in [0.25, 0.3) is 10.0 Å². The third-order valence-corrected chi connectivity index (χ3v) is 5.01.